The molecule has 0 bridgehead atoms. The van der Waals surface area contributed by atoms with Crippen molar-refractivity contribution in [3.05, 3.63) is 10.6 Å². The molecule has 0 amide bonds. The molecule has 2 rings (SSSR count). The normalized spacial score (nSPS) is 15.3. The van der Waals surface area contributed by atoms with Crippen molar-refractivity contribution in [2.45, 2.75) is 38.6 Å². The molecule has 0 unspecified atom stereocenters. The van der Waals surface area contributed by atoms with Gasteiger partial charge in [-0.1, -0.05) is 24.7 Å². The molecule has 4 heteroatoms. The van der Waals surface area contributed by atoms with Crippen LogP contribution in [0.2, 0.25) is 0 Å². The van der Waals surface area contributed by atoms with Crippen molar-refractivity contribution >= 4 is 22.8 Å². The second kappa shape index (κ2) is 4.31. The Morgan fingerprint density at radius 3 is 2.87 bits per heavy atom. The van der Waals surface area contributed by atoms with E-state index in [-0.39, 0.29) is 0 Å². The number of anilines is 1. The predicted molar refractivity (Wildman–Crippen MR) is 62.9 cm³/mol. The fourth-order valence-electron chi connectivity index (χ4n) is 1.63. The van der Waals surface area contributed by atoms with Crippen molar-refractivity contribution in [3.63, 3.8) is 0 Å². The molecule has 0 radical (unpaired) electrons. The van der Waals surface area contributed by atoms with Gasteiger partial charge in [0.05, 0.1) is 10.6 Å². The number of aromatic nitrogens is 1. The number of rotatable bonds is 5. The molecule has 1 aromatic heterocycles. The maximum Gasteiger partial charge on any atom is 0.186 e. The molecule has 1 aromatic rings. The zero-order chi connectivity index (χ0) is 10.8. The first-order chi connectivity index (χ1) is 7.26. The van der Waals surface area contributed by atoms with Gasteiger partial charge in [0, 0.05) is 13.1 Å². The Labute approximate surface area is 94.1 Å². The van der Waals surface area contributed by atoms with E-state index in [9.17, 15) is 4.79 Å². The van der Waals surface area contributed by atoms with Crippen LogP contribution in [0.3, 0.4) is 0 Å². The van der Waals surface area contributed by atoms with Gasteiger partial charge in [0.15, 0.2) is 11.4 Å². The third kappa shape index (κ3) is 2.20. The highest BCUT2D eigenvalue weighted by molar-refractivity contribution is 7.17. The first-order valence-electron chi connectivity index (χ1n) is 5.44. The molecule has 1 aliphatic rings. The van der Waals surface area contributed by atoms with Crippen LogP contribution in [-0.4, -0.2) is 24.4 Å². The molecule has 3 nitrogen and oxygen atoms in total. The molecule has 1 saturated carbocycles. The summed E-state index contributed by atoms with van der Waals surface area (Å²) < 4.78 is 0. The van der Waals surface area contributed by atoms with Gasteiger partial charge in [0.25, 0.3) is 0 Å². The van der Waals surface area contributed by atoms with Gasteiger partial charge in [0.2, 0.25) is 0 Å². The number of aldehydes is 1. The monoisotopic (exact) mass is 224 g/mol. The second-order valence-electron chi connectivity index (χ2n) is 4.02. The lowest BCUT2D eigenvalue weighted by atomic mass is 10.2. The minimum atomic E-state index is 0.658. The number of carbonyl (C=O) groups is 1. The lowest BCUT2D eigenvalue weighted by Gasteiger charge is -2.13. The second-order valence-corrected chi connectivity index (χ2v) is 5.03. The summed E-state index contributed by atoms with van der Waals surface area (Å²) in [5, 5.41) is 1.00. The summed E-state index contributed by atoms with van der Waals surface area (Å²) in [7, 11) is 2.07. The van der Waals surface area contributed by atoms with Gasteiger partial charge < -0.3 is 4.90 Å². The molecular formula is C11H16N2OS. The van der Waals surface area contributed by atoms with Gasteiger partial charge in [-0.25, -0.2) is 4.98 Å². The lowest BCUT2D eigenvalue weighted by molar-refractivity contribution is 0.112. The molecule has 1 heterocycles. The molecule has 0 N–H and O–H groups in total. The SMILES string of the molecule is CCCc1nc(N(C)C2CC2)sc1C=O. The zero-order valence-corrected chi connectivity index (χ0v) is 10.0. The number of hydrogen-bond acceptors (Lipinski definition) is 4. The topological polar surface area (TPSA) is 33.2 Å². The van der Waals surface area contributed by atoms with Gasteiger partial charge >= 0.3 is 0 Å². The summed E-state index contributed by atoms with van der Waals surface area (Å²) in [6, 6.07) is 0.658. The van der Waals surface area contributed by atoms with Crippen molar-refractivity contribution in [1.29, 1.82) is 0 Å². The first kappa shape index (κ1) is 10.6. The molecule has 0 spiro atoms. The summed E-state index contributed by atoms with van der Waals surface area (Å²) in [4.78, 5) is 18.4. The Hall–Kier alpha value is -0.900. The Balaban J connectivity index is 2.20. The van der Waals surface area contributed by atoms with E-state index in [0.717, 1.165) is 34.8 Å². The van der Waals surface area contributed by atoms with Gasteiger partial charge in [-0.2, -0.15) is 0 Å². The van der Waals surface area contributed by atoms with Crippen LogP contribution in [0.4, 0.5) is 5.13 Å². The average molecular weight is 224 g/mol. The van der Waals surface area contributed by atoms with E-state index in [2.05, 4.69) is 23.9 Å². The van der Waals surface area contributed by atoms with Crippen LogP contribution >= 0.6 is 11.3 Å². The highest BCUT2D eigenvalue weighted by atomic mass is 32.1. The summed E-state index contributed by atoms with van der Waals surface area (Å²) in [6.45, 7) is 2.11. The minimum Gasteiger partial charge on any atom is -0.348 e. The Kier molecular flexibility index (Phi) is 3.05. The van der Waals surface area contributed by atoms with Gasteiger partial charge in [-0.3, -0.25) is 4.79 Å². The minimum absolute atomic E-state index is 0.658. The van der Waals surface area contributed by atoms with Crippen LogP contribution in [0.25, 0.3) is 0 Å². The zero-order valence-electron chi connectivity index (χ0n) is 9.19. The first-order valence-corrected chi connectivity index (χ1v) is 6.25. The molecule has 0 saturated heterocycles. The molecule has 15 heavy (non-hydrogen) atoms. The summed E-state index contributed by atoms with van der Waals surface area (Å²) in [5.74, 6) is 0. The van der Waals surface area contributed by atoms with E-state index < -0.39 is 0 Å². The maximum atomic E-state index is 10.9. The Morgan fingerprint density at radius 2 is 2.33 bits per heavy atom. The standard InChI is InChI=1S/C11H16N2OS/c1-3-4-9-10(7-14)15-11(12-9)13(2)8-5-6-8/h7-8H,3-6H2,1-2H3. The van der Waals surface area contributed by atoms with Crippen molar-refractivity contribution in [2.75, 3.05) is 11.9 Å². The number of carbonyl (C=O) groups excluding carboxylic acids is 1. The predicted octanol–water partition coefficient (Wildman–Crippen LogP) is 2.51. The Bertz CT molecular complexity index is 357. The van der Waals surface area contributed by atoms with Crippen molar-refractivity contribution in [2.24, 2.45) is 0 Å². The third-order valence-corrected chi connectivity index (χ3v) is 3.82. The van der Waals surface area contributed by atoms with E-state index in [1.165, 1.54) is 24.2 Å². The summed E-state index contributed by atoms with van der Waals surface area (Å²) in [5.41, 5.74) is 0.972. The van der Waals surface area contributed by atoms with Crippen LogP contribution in [0.1, 0.15) is 41.6 Å². The maximum absolute atomic E-state index is 10.9. The van der Waals surface area contributed by atoms with E-state index in [0.29, 0.717) is 6.04 Å². The van der Waals surface area contributed by atoms with Crippen molar-refractivity contribution < 1.29 is 4.79 Å². The van der Waals surface area contributed by atoms with Crippen molar-refractivity contribution in [1.82, 2.24) is 4.98 Å². The van der Waals surface area contributed by atoms with E-state index in [1.807, 2.05) is 0 Å². The number of aryl methyl sites for hydroxylation is 1. The Morgan fingerprint density at radius 1 is 1.60 bits per heavy atom. The highest BCUT2D eigenvalue weighted by Crippen LogP contribution is 2.33. The van der Waals surface area contributed by atoms with E-state index >= 15 is 0 Å². The summed E-state index contributed by atoms with van der Waals surface area (Å²) >= 11 is 1.52. The molecule has 82 valence electrons. The van der Waals surface area contributed by atoms with Gasteiger partial charge in [-0.05, 0) is 19.3 Å². The van der Waals surface area contributed by atoms with E-state index in [1.54, 1.807) is 0 Å². The highest BCUT2D eigenvalue weighted by Gasteiger charge is 2.28. The van der Waals surface area contributed by atoms with Gasteiger partial charge in [-0.15, -0.1) is 0 Å². The van der Waals surface area contributed by atoms with Crippen LogP contribution in [0.15, 0.2) is 0 Å². The van der Waals surface area contributed by atoms with Crippen molar-refractivity contribution in [3.8, 4) is 0 Å². The third-order valence-electron chi connectivity index (χ3n) is 2.71. The number of hydrogen-bond donors (Lipinski definition) is 0. The fraction of sp³-hybridized carbons (Fsp3) is 0.636. The van der Waals surface area contributed by atoms with E-state index in [4.69, 9.17) is 0 Å². The van der Waals surface area contributed by atoms with Crippen LogP contribution < -0.4 is 4.90 Å². The average Bonchev–Trinajstić information content (AvgIpc) is 3.00. The number of thiazole rings is 1. The van der Waals surface area contributed by atoms with Crippen LogP contribution in [-0.2, 0) is 6.42 Å². The lowest BCUT2D eigenvalue weighted by Crippen LogP contribution is -2.18. The molecule has 1 fully saturated rings. The molecule has 0 aliphatic heterocycles. The van der Waals surface area contributed by atoms with Gasteiger partial charge in [0.1, 0.15) is 0 Å². The fourth-order valence-corrected chi connectivity index (χ4v) is 2.59. The summed E-state index contributed by atoms with van der Waals surface area (Å²) in [6.07, 6.45) is 5.40. The van der Waals surface area contributed by atoms with Crippen LogP contribution in [0.5, 0.6) is 0 Å². The molecule has 0 atom stereocenters. The molecule has 1 aliphatic carbocycles. The molecule has 0 aromatic carbocycles. The molecular weight excluding hydrogens is 208 g/mol. The van der Waals surface area contributed by atoms with Crippen LogP contribution in [0, 0.1) is 0 Å². The number of nitrogens with zero attached hydrogens (tertiary/aromatic N) is 2. The quantitative estimate of drug-likeness (QED) is 0.720. The largest absolute Gasteiger partial charge is 0.348 e. The smallest absolute Gasteiger partial charge is 0.186 e.